The first-order valence-electron chi connectivity index (χ1n) is 17.9. The number of rotatable bonds is 4. The molecule has 2 aromatic heterocycles. The van der Waals surface area contributed by atoms with Gasteiger partial charge in [-0.05, 0) is 105 Å². The van der Waals surface area contributed by atoms with E-state index in [9.17, 15) is 0 Å². The molecule has 0 amide bonds. The summed E-state index contributed by atoms with van der Waals surface area (Å²) in [5.41, 5.74) is 12.8. The molecule has 0 bridgehead atoms. The summed E-state index contributed by atoms with van der Waals surface area (Å²) >= 11 is 1.89. The zero-order valence-electron chi connectivity index (χ0n) is 28.9. The Kier molecular flexibility index (Phi) is 6.21. The number of furan rings is 1. The highest BCUT2D eigenvalue weighted by atomic mass is 32.1. The van der Waals surface area contributed by atoms with Crippen molar-refractivity contribution in [1.82, 2.24) is 0 Å². The van der Waals surface area contributed by atoms with E-state index in [1.54, 1.807) is 0 Å². The van der Waals surface area contributed by atoms with Gasteiger partial charge in [0.2, 0.25) is 0 Å². The largest absolute Gasteiger partial charge is 0.456 e. The molecule has 52 heavy (non-hydrogen) atoms. The lowest BCUT2D eigenvalue weighted by atomic mass is 9.82. The Hall–Kier alpha value is -6.16. The topological polar surface area (TPSA) is 16.4 Å². The zero-order chi connectivity index (χ0) is 34.6. The minimum atomic E-state index is -0.169. The van der Waals surface area contributed by atoms with Crippen LogP contribution >= 0.6 is 11.3 Å². The van der Waals surface area contributed by atoms with Crippen LogP contribution in [0.25, 0.3) is 75.1 Å². The fourth-order valence-electron chi connectivity index (χ4n) is 8.71. The third-order valence-corrected chi connectivity index (χ3v) is 12.4. The van der Waals surface area contributed by atoms with Gasteiger partial charge in [-0.2, -0.15) is 0 Å². The first-order valence-corrected chi connectivity index (χ1v) is 18.7. The van der Waals surface area contributed by atoms with Gasteiger partial charge in [0.1, 0.15) is 11.2 Å². The number of fused-ring (bicyclic) bond motifs is 11. The van der Waals surface area contributed by atoms with Gasteiger partial charge in [-0.3, -0.25) is 0 Å². The molecule has 10 aromatic rings. The lowest BCUT2D eigenvalue weighted by molar-refractivity contribution is 0.661. The summed E-state index contributed by atoms with van der Waals surface area (Å²) < 4.78 is 9.11. The van der Waals surface area contributed by atoms with E-state index in [4.69, 9.17) is 4.42 Å². The van der Waals surface area contributed by atoms with E-state index in [1.807, 2.05) is 17.4 Å². The van der Waals surface area contributed by atoms with Gasteiger partial charge in [-0.1, -0.05) is 117 Å². The molecule has 0 atom stereocenters. The van der Waals surface area contributed by atoms with Gasteiger partial charge in [0.25, 0.3) is 0 Å². The smallest absolute Gasteiger partial charge is 0.137 e. The molecule has 2 nitrogen and oxygen atoms in total. The van der Waals surface area contributed by atoms with Crippen molar-refractivity contribution >= 4 is 81.3 Å². The molecular formula is C49H33NOS. The molecule has 3 heteroatoms. The Balaban J connectivity index is 1.12. The molecule has 1 aliphatic carbocycles. The van der Waals surface area contributed by atoms with Crippen molar-refractivity contribution < 1.29 is 4.42 Å². The van der Waals surface area contributed by atoms with Crippen LogP contribution in [-0.2, 0) is 5.41 Å². The van der Waals surface area contributed by atoms with Crippen molar-refractivity contribution in [3.05, 3.63) is 175 Å². The summed E-state index contributed by atoms with van der Waals surface area (Å²) in [5.74, 6) is 0. The Morgan fingerprint density at radius 3 is 2.12 bits per heavy atom. The van der Waals surface area contributed by atoms with E-state index in [2.05, 4.69) is 176 Å². The molecule has 1 aliphatic rings. The SMILES string of the molecule is CC1(C)c2cc(N(c3ccc(-c4ccc5ccccc5c4)cc3)c3cccc4oc5ccccc5c34)ccc2-c2c1ccc1sc3ccccc3c21. The average molecular weight is 684 g/mol. The zero-order valence-corrected chi connectivity index (χ0v) is 29.7. The van der Waals surface area contributed by atoms with Crippen LogP contribution in [0.4, 0.5) is 17.1 Å². The van der Waals surface area contributed by atoms with Crippen LogP contribution in [0.1, 0.15) is 25.0 Å². The average Bonchev–Trinajstić information content (AvgIpc) is 3.83. The molecule has 11 rings (SSSR count). The highest BCUT2D eigenvalue weighted by Crippen LogP contribution is 2.55. The van der Waals surface area contributed by atoms with Crippen LogP contribution in [0.15, 0.2) is 168 Å². The third-order valence-electron chi connectivity index (χ3n) is 11.3. The quantitative estimate of drug-likeness (QED) is 0.184. The molecule has 0 spiro atoms. The second-order valence-corrected chi connectivity index (χ2v) is 15.6. The maximum absolute atomic E-state index is 6.42. The van der Waals surface area contributed by atoms with E-state index in [0.29, 0.717) is 0 Å². The van der Waals surface area contributed by atoms with Crippen molar-refractivity contribution in [2.24, 2.45) is 0 Å². The second kappa shape index (κ2) is 10.9. The van der Waals surface area contributed by atoms with Gasteiger partial charge in [-0.15, -0.1) is 11.3 Å². The Morgan fingerprint density at radius 2 is 1.23 bits per heavy atom. The number of thiophene rings is 1. The van der Waals surface area contributed by atoms with Crippen molar-refractivity contribution in [2.75, 3.05) is 4.90 Å². The van der Waals surface area contributed by atoms with E-state index in [0.717, 1.165) is 39.0 Å². The summed E-state index contributed by atoms with van der Waals surface area (Å²) in [7, 11) is 0. The number of hydrogen-bond donors (Lipinski definition) is 0. The molecule has 0 N–H and O–H groups in total. The van der Waals surface area contributed by atoms with Gasteiger partial charge >= 0.3 is 0 Å². The van der Waals surface area contributed by atoms with Crippen LogP contribution in [0.3, 0.4) is 0 Å². The van der Waals surface area contributed by atoms with Crippen molar-refractivity contribution in [3.63, 3.8) is 0 Å². The Labute approximate surface area is 305 Å². The van der Waals surface area contributed by atoms with Crippen molar-refractivity contribution in [1.29, 1.82) is 0 Å². The summed E-state index contributed by atoms with van der Waals surface area (Å²) in [6, 6.07) is 59.8. The highest BCUT2D eigenvalue weighted by Gasteiger charge is 2.38. The molecule has 0 fully saturated rings. The van der Waals surface area contributed by atoms with Gasteiger partial charge in [0, 0.05) is 42.3 Å². The van der Waals surface area contributed by atoms with E-state index < -0.39 is 0 Å². The molecule has 246 valence electrons. The van der Waals surface area contributed by atoms with Gasteiger partial charge < -0.3 is 9.32 Å². The van der Waals surface area contributed by atoms with E-state index >= 15 is 0 Å². The maximum atomic E-state index is 6.42. The lowest BCUT2D eigenvalue weighted by Crippen LogP contribution is -2.16. The maximum Gasteiger partial charge on any atom is 0.137 e. The summed E-state index contributed by atoms with van der Waals surface area (Å²) in [6.45, 7) is 4.77. The monoisotopic (exact) mass is 683 g/mol. The number of para-hydroxylation sites is 1. The molecule has 0 radical (unpaired) electrons. The van der Waals surface area contributed by atoms with E-state index in [-0.39, 0.29) is 5.41 Å². The van der Waals surface area contributed by atoms with Crippen LogP contribution < -0.4 is 4.90 Å². The third kappa shape index (κ3) is 4.23. The van der Waals surface area contributed by atoms with Crippen LogP contribution in [0.2, 0.25) is 0 Å². The molecular weight excluding hydrogens is 651 g/mol. The number of nitrogens with zero attached hydrogens (tertiary/aromatic N) is 1. The predicted octanol–water partition coefficient (Wildman–Crippen LogP) is 14.6. The first-order chi connectivity index (χ1) is 25.5. The molecule has 0 saturated heterocycles. The van der Waals surface area contributed by atoms with Crippen LogP contribution in [-0.4, -0.2) is 0 Å². The molecule has 0 saturated carbocycles. The minimum absolute atomic E-state index is 0.169. The molecule has 0 unspecified atom stereocenters. The number of benzene rings is 8. The number of anilines is 3. The summed E-state index contributed by atoms with van der Waals surface area (Å²) in [4.78, 5) is 2.42. The molecule has 0 aliphatic heterocycles. The Bertz CT molecular complexity index is 3050. The minimum Gasteiger partial charge on any atom is -0.456 e. The fraction of sp³-hybridized carbons (Fsp3) is 0.0612. The summed E-state index contributed by atoms with van der Waals surface area (Å²) in [5, 5.41) is 7.47. The summed E-state index contributed by atoms with van der Waals surface area (Å²) in [6.07, 6.45) is 0. The van der Waals surface area contributed by atoms with Crippen molar-refractivity contribution in [2.45, 2.75) is 19.3 Å². The molecule has 8 aromatic carbocycles. The van der Waals surface area contributed by atoms with Gasteiger partial charge in [-0.25, -0.2) is 0 Å². The van der Waals surface area contributed by atoms with E-state index in [1.165, 1.54) is 64.3 Å². The van der Waals surface area contributed by atoms with Crippen molar-refractivity contribution in [3.8, 4) is 22.3 Å². The second-order valence-electron chi connectivity index (χ2n) is 14.5. The standard InChI is InChI=1S/C49H33NOS/c1-49(2)39-26-27-45-48(38-13-6-8-17-44(38)52-45)46(39)36-25-24-35(29-40(36)49)50(41-14-9-16-43-47(41)37-12-5-7-15-42(37)51-43)34-22-20-31(21-23-34)33-19-18-30-10-3-4-11-32(30)28-33/h3-29H,1-2H3. The normalized spacial score (nSPS) is 13.3. The highest BCUT2D eigenvalue weighted by molar-refractivity contribution is 7.26. The molecule has 2 heterocycles. The van der Waals surface area contributed by atoms with Gasteiger partial charge in [0.15, 0.2) is 0 Å². The first kappa shape index (κ1) is 29.6. The number of hydrogen-bond acceptors (Lipinski definition) is 3. The van der Waals surface area contributed by atoms with Crippen LogP contribution in [0, 0.1) is 0 Å². The Morgan fingerprint density at radius 1 is 0.500 bits per heavy atom. The fourth-order valence-corrected chi connectivity index (χ4v) is 9.82. The van der Waals surface area contributed by atoms with Crippen LogP contribution in [0.5, 0.6) is 0 Å². The predicted molar refractivity (Wildman–Crippen MR) is 222 cm³/mol. The lowest BCUT2D eigenvalue weighted by Gasteiger charge is -2.28. The van der Waals surface area contributed by atoms with Gasteiger partial charge in [0.05, 0.1) is 11.1 Å².